The summed E-state index contributed by atoms with van der Waals surface area (Å²) in [6.07, 6.45) is 0. The van der Waals surface area contributed by atoms with Crippen molar-refractivity contribution in [3.8, 4) is 0 Å². The van der Waals surface area contributed by atoms with Crippen molar-refractivity contribution < 1.29 is 65.7 Å². The maximum atomic E-state index is 2.63. The average Bonchev–Trinajstić information content (AvgIpc) is 3.01. The summed E-state index contributed by atoms with van der Waals surface area (Å²) in [4.78, 5) is 0. The van der Waals surface area contributed by atoms with Gasteiger partial charge in [-0.05, 0) is 31.8 Å². The maximum Gasteiger partial charge on any atom is 0 e. The summed E-state index contributed by atoms with van der Waals surface area (Å²) in [5, 5.41) is 7.43. The third kappa shape index (κ3) is 35.1. The Bertz CT molecular complexity index is 1120. The van der Waals surface area contributed by atoms with Crippen molar-refractivity contribution in [3.63, 3.8) is 0 Å². The van der Waals surface area contributed by atoms with Gasteiger partial charge in [0, 0.05) is 40.8 Å². The van der Waals surface area contributed by atoms with E-state index >= 15 is 0 Å². The predicted molar refractivity (Wildman–Crippen MR) is 215 cm³/mol. The van der Waals surface area contributed by atoms with Crippen LogP contribution in [0.5, 0.6) is 0 Å². The molecule has 0 aliphatic carbocycles. The molecule has 0 N–H and O–H groups in total. The summed E-state index contributed by atoms with van der Waals surface area (Å²) >= 11 is 0. The Morgan fingerprint density at radius 2 is 0.283 bits per heavy atom. The molecule has 10 heteroatoms. The molecule has 6 unspecified atom stereocenters. The topological polar surface area (TPSA) is 0 Å². The molecule has 6 aromatic rings. The average molecular weight is 944 g/mol. The molecule has 0 heterocycles. The van der Waals surface area contributed by atoms with Crippen molar-refractivity contribution in [2.24, 2.45) is 0 Å². The molecule has 0 saturated carbocycles. The second-order valence-electron chi connectivity index (χ2n) is 8.46. The molecule has 0 amide bonds. The van der Waals surface area contributed by atoms with Crippen LogP contribution in [-0.4, -0.2) is 0 Å². The Hall–Kier alpha value is -0.195. The zero-order chi connectivity index (χ0) is 30.7. The number of rotatable bonds is 0. The smallest absolute Gasteiger partial charge is 0 e. The maximum absolute atomic E-state index is 2.63. The first-order valence-electron chi connectivity index (χ1n) is 13.2. The minimum absolute atomic E-state index is 0. The van der Waals surface area contributed by atoms with E-state index in [0.29, 0.717) is 0 Å². The zero-order valence-electron chi connectivity index (χ0n) is 25.2. The van der Waals surface area contributed by atoms with Crippen molar-refractivity contribution >= 4 is 87.3 Å². The van der Waals surface area contributed by atoms with Crippen molar-refractivity contribution in [1.82, 2.24) is 0 Å². The van der Waals surface area contributed by atoms with Gasteiger partial charge in [0.15, 0.2) is 0 Å². The van der Waals surface area contributed by atoms with Crippen LogP contribution in [0.1, 0.15) is 0 Å². The molecule has 252 valence electrons. The standard InChI is InChI=1S/6C6H7P.2ClH.2Pd/c6*7-6-4-2-1-3-5-6;;;;/h6*1-5H,7H2;2*1H;;/p-2. The van der Waals surface area contributed by atoms with Gasteiger partial charge in [-0.25, -0.2) is 0 Å². The normalized spacial score (nSPS) is 7.96. The molecule has 46 heavy (non-hydrogen) atoms. The fourth-order valence-corrected chi connectivity index (χ4v) is 4.05. The molecule has 0 fully saturated rings. The van der Waals surface area contributed by atoms with Gasteiger partial charge in [0.05, 0.1) is 0 Å². The van der Waals surface area contributed by atoms with E-state index in [1.54, 1.807) is 0 Å². The van der Waals surface area contributed by atoms with Gasteiger partial charge in [-0.3, -0.25) is 0 Å². The van der Waals surface area contributed by atoms with Crippen LogP contribution in [0, 0.1) is 0 Å². The van der Waals surface area contributed by atoms with Gasteiger partial charge in [0.25, 0.3) is 0 Å². The summed E-state index contributed by atoms with van der Waals surface area (Å²) in [7, 11) is 15.8. The van der Waals surface area contributed by atoms with E-state index in [9.17, 15) is 0 Å². The Morgan fingerprint density at radius 1 is 0.196 bits per heavy atom. The third-order valence-corrected chi connectivity index (χ3v) is 7.11. The Kier molecular flexibility index (Phi) is 43.0. The van der Waals surface area contributed by atoms with E-state index in [-0.39, 0.29) is 65.7 Å². The zero-order valence-corrected chi connectivity index (χ0v) is 36.7. The Morgan fingerprint density at radius 3 is 0.326 bits per heavy atom. The molecular formula is C36H42Cl2P6Pd2-2. The van der Waals surface area contributed by atoms with Crippen LogP contribution in [-0.2, 0) is 40.8 Å². The summed E-state index contributed by atoms with van der Waals surface area (Å²) < 4.78 is 0. The van der Waals surface area contributed by atoms with Crippen LogP contribution in [0.15, 0.2) is 182 Å². The third-order valence-electron chi connectivity index (χ3n) is 4.80. The van der Waals surface area contributed by atoms with Crippen LogP contribution in [0.2, 0.25) is 0 Å². The van der Waals surface area contributed by atoms with E-state index < -0.39 is 0 Å². The van der Waals surface area contributed by atoms with Gasteiger partial charge in [0.2, 0.25) is 0 Å². The molecule has 6 atom stereocenters. The van der Waals surface area contributed by atoms with Gasteiger partial charge in [-0.2, -0.15) is 0 Å². The number of benzene rings is 6. The molecule has 0 spiro atoms. The number of hydrogen-bond donors (Lipinski definition) is 0. The first-order valence-corrected chi connectivity index (χ1v) is 16.7. The minimum Gasteiger partial charge on any atom is -1.00 e. The first-order chi connectivity index (χ1) is 20.4. The van der Waals surface area contributed by atoms with Crippen LogP contribution in [0.3, 0.4) is 0 Å². The quantitative estimate of drug-likeness (QED) is 0.159. The van der Waals surface area contributed by atoms with Gasteiger partial charge in [-0.1, -0.05) is 182 Å². The van der Waals surface area contributed by atoms with E-state index in [2.05, 4.69) is 55.4 Å². The van der Waals surface area contributed by atoms with Crippen LogP contribution < -0.4 is 56.6 Å². The first kappa shape index (κ1) is 52.6. The molecule has 0 aromatic heterocycles. The van der Waals surface area contributed by atoms with E-state index in [4.69, 9.17) is 0 Å². The molecule has 0 bridgehead atoms. The van der Waals surface area contributed by atoms with Crippen molar-refractivity contribution in [3.05, 3.63) is 182 Å². The van der Waals surface area contributed by atoms with Gasteiger partial charge < -0.3 is 24.8 Å². The van der Waals surface area contributed by atoms with Crippen LogP contribution in [0.25, 0.3) is 0 Å². The molecule has 0 aliphatic heterocycles. The molecule has 6 aromatic carbocycles. The summed E-state index contributed by atoms with van der Waals surface area (Å²) in [5.74, 6) is 0. The van der Waals surface area contributed by atoms with Crippen molar-refractivity contribution in [2.45, 2.75) is 0 Å². The fourth-order valence-electron chi connectivity index (χ4n) is 2.72. The Labute approximate surface area is 332 Å². The van der Waals surface area contributed by atoms with Gasteiger partial charge >= 0.3 is 0 Å². The van der Waals surface area contributed by atoms with E-state index in [1.165, 1.54) is 31.8 Å². The van der Waals surface area contributed by atoms with Gasteiger partial charge in [-0.15, -0.1) is 55.4 Å². The molecule has 6 rings (SSSR count). The SMILES string of the molecule is Pc1ccccc1.Pc1ccccc1.Pc1ccccc1.Pc1ccccc1.Pc1ccccc1.Pc1ccccc1.[Cl-].[Cl-].[Pd].[Pd]. The summed E-state index contributed by atoms with van der Waals surface area (Å²) in [6, 6.07) is 60.8. The van der Waals surface area contributed by atoms with Crippen LogP contribution >= 0.6 is 55.4 Å². The molecule has 0 radical (unpaired) electrons. The molecule has 0 nitrogen and oxygen atoms in total. The predicted octanol–water partition coefficient (Wildman–Crippen LogP) is 1.13. The summed E-state index contributed by atoms with van der Waals surface area (Å²) in [5.41, 5.74) is 0. The number of hydrogen-bond acceptors (Lipinski definition) is 0. The van der Waals surface area contributed by atoms with E-state index in [0.717, 1.165) is 0 Å². The monoisotopic (exact) mass is 942 g/mol. The molecular weight excluding hydrogens is 902 g/mol. The van der Waals surface area contributed by atoms with Crippen molar-refractivity contribution in [1.29, 1.82) is 0 Å². The second-order valence-corrected chi connectivity index (χ2v) is 12.5. The molecule has 0 aliphatic rings. The second kappa shape index (κ2) is 37.6. The fraction of sp³-hybridized carbons (Fsp3) is 0. The summed E-state index contributed by atoms with van der Waals surface area (Å²) in [6.45, 7) is 0. The minimum atomic E-state index is 0. The van der Waals surface area contributed by atoms with Gasteiger partial charge in [0.1, 0.15) is 0 Å². The molecule has 0 saturated heterocycles. The van der Waals surface area contributed by atoms with E-state index in [1.807, 2.05) is 182 Å². The number of halogens is 2. The largest absolute Gasteiger partial charge is 1.00 e. The van der Waals surface area contributed by atoms with Crippen molar-refractivity contribution in [2.75, 3.05) is 0 Å². The Balaban J connectivity index is -0.000000226. The van der Waals surface area contributed by atoms with Crippen LogP contribution in [0.4, 0.5) is 0 Å².